The van der Waals surface area contributed by atoms with Gasteiger partial charge < -0.3 is 20.3 Å². The maximum atomic E-state index is 13.4. The number of hydrogen-bond acceptors (Lipinski definition) is 4. The Morgan fingerprint density at radius 1 is 1.25 bits per heavy atom. The zero-order chi connectivity index (χ0) is 12.0. The number of ether oxygens (including phenoxy) is 2. The molecule has 0 aliphatic carbocycles. The molecule has 0 saturated carbocycles. The lowest BCUT2D eigenvalue weighted by Crippen LogP contribution is -2.05. The van der Waals surface area contributed by atoms with E-state index in [4.69, 9.17) is 20.3 Å². The fourth-order valence-electron chi connectivity index (χ4n) is 1.15. The molecule has 0 radical (unpaired) electrons. The predicted octanol–water partition coefficient (Wildman–Crippen LogP) is 1.57. The number of hydrogen-bond donors (Lipinski definition) is 2. The molecule has 0 aromatic heterocycles. The molecule has 90 valence electrons. The fourth-order valence-corrected chi connectivity index (χ4v) is 1.15. The normalized spacial score (nSPS) is 10.2. The number of benzene rings is 1. The summed E-state index contributed by atoms with van der Waals surface area (Å²) in [6.07, 6.45) is 0.788. The zero-order valence-electron chi connectivity index (χ0n) is 9.20. The van der Waals surface area contributed by atoms with Crippen LogP contribution in [0.1, 0.15) is 13.3 Å². The first-order valence-electron chi connectivity index (χ1n) is 5.14. The third kappa shape index (κ3) is 3.27. The van der Waals surface area contributed by atoms with Crippen LogP contribution in [0.5, 0.6) is 11.5 Å². The van der Waals surface area contributed by atoms with Crippen LogP contribution in [0.25, 0.3) is 0 Å². The molecule has 0 bridgehead atoms. The monoisotopic (exact) mass is 229 g/mol. The van der Waals surface area contributed by atoms with E-state index in [1.54, 1.807) is 0 Å². The van der Waals surface area contributed by atoms with Crippen LogP contribution in [0.15, 0.2) is 12.1 Å². The summed E-state index contributed by atoms with van der Waals surface area (Å²) in [4.78, 5) is 0. The van der Waals surface area contributed by atoms with Gasteiger partial charge in [-0.1, -0.05) is 6.92 Å². The summed E-state index contributed by atoms with van der Waals surface area (Å²) in [7, 11) is 0. The average Bonchev–Trinajstić information content (AvgIpc) is 2.26. The summed E-state index contributed by atoms with van der Waals surface area (Å²) < 4.78 is 23.7. The lowest BCUT2D eigenvalue weighted by atomic mass is 10.2. The van der Waals surface area contributed by atoms with Crippen LogP contribution in [-0.4, -0.2) is 24.9 Å². The SMILES string of the molecule is CCCOc1cc(OCCO)c(N)cc1F. The van der Waals surface area contributed by atoms with Crippen LogP contribution >= 0.6 is 0 Å². The van der Waals surface area contributed by atoms with Gasteiger partial charge in [-0.25, -0.2) is 4.39 Å². The van der Waals surface area contributed by atoms with E-state index in [-0.39, 0.29) is 24.7 Å². The maximum Gasteiger partial charge on any atom is 0.167 e. The number of aliphatic hydroxyl groups excluding tert-OH is 1. The Bertz CT molecular complexity index is 315. The van der Waals surface area contributed by atoms with Crippen molar-refractivity contribution in [3.05, 3.63) is 17.9 Å². The molecule has 0 spiro atoms. The maximum absolute atomic E-state index is 13.4. The van der Waals surface area contributed by atoms with E-state index in [0.29, 0.717) is 12.4 Å². The van der Waals surface area contributed by atoms with Crippen molar-refractivity contribution in [1.82, 2.24) is 0 Å². The Hall–Kier alpha value is -1.49. The number of nitrogen functional groups attached to an aromatic ring is 1. The van der Waals surface area contributed by atoms with Gasteiger partial charge in [0, 0.05) is 12.1 Å². The molecule has 0 unspecified atom stereocenters. The van der Waals surface area contributed by atoms with Crippen molar-refractivity contribution < 1.29 is 19.0 Å². The quantitative estimate of drug-likeness (QED) is 0.727. The molecular weight excluding hydrogens is 213 g/mol. The molecule has 0 aliphatic rings. The van der Waals surface area contributed by atoms with Gasteiger partial charge in [-0.3, -0.25) is 0 Å². The fraction of sp³-hybridized carbons (Fsp3) is 0.455. The first kappa shape index (κ1) is 12.6. The molecule has 1 aromatic rings. The highest BCUT2D eigenvalue weighted by Crippen LogP contribution is 2.30. The standard InChI is InChI=1S/C11H16FNO3/c1-2-4-15-10-7-11(16-5-3-14)9(13)6-8(10)12/h6-7,14H,2-5,13H2,1H3. The largest absolute Gasteiger partial charge is 0.490 e. The van der Waals surface area contributed by atoms with Crippen molar-refractivity contribution in [2.24, 2.45) is 0 Å². The van der Waals surface area contributed by atoms with Crippen LogP contribution < -0.4 is 15.2 Å². The van der Waals surface area contributed by atoms with Gasteiger partial charge >= 0.3 is 0 Å². The van der Waals surface area contributed by atoms with Crippen molar-refractivity contribution in [3.8, 4) is 11.5 Å². The van der Waals surface area contributed by atoms with Gasteiger partial charge in [0.15, 0.2) is 11.6 Å². The van der Waals surface area contributed by atoms with Crippen LogP contribution in [0.3, 0.4) is 0 Å². The molecule has 1 aromatic carbocycles. The van der Waals surface area contributed by atoms with Gasteiger partial charge in [-0.2, -0.15) is 0 Å². The number of aliphatic hydroxyl groups is 1. The summed E-state index contributed by atoms with van der Waals surface area (Å²) in [5, 5.41) is 8.61. The van der Waals surface area contributed by atoms with E-state index in [2.05, 4.69) is 0 Å². The second-order valence-electron chi connectivity index (χ2n) is 3.24. The number of halogens is 1. The topological polar surface area (TPSA) is 64.7 Å². The smallest absolute Gasteiger partial charge is 0.167 e. The van der Waals surface area contributed by atoms with Gasteiger partial charge in [-0.15, -0.1) is 0 Å². The predicted molar refractivity (Wildman–Crippen MR) is 59.2 cm³/mol. The van der Waals surface area contributed by atoms with E-state index in [0.717, 1.165) is 12.5 Å². The Morgan fingerprint density at radius 3 is 2.56 bits per heavy atom. The minimum atomic E-state index is -0.512. The van der Waals surface area contributed by atoms with Gasteiger partial charge in [0.2, 0.25) is 0 Å². The van der Waals surface area contributed by atoms with Crippen LogP contribution in [-0.2, 0) is 0 Å². The Balaban J connectivity index is 2.83. The molecule has 0 saturated heterocycles. The van der Waals surface area contributed by atoms with E-state index in [1.165, 1.54) is 6.07 Å². The summed E-state index contributed by atoms with van der Waals surface area (Å²) >= 11 is 0. The molecule has 4 nitrogen and oxygen atoms in total. The van der Waals surface area contributed by atoms with Gasteiger partial charge in [0.05, 0.1) is 18.9 Å². The average molecular weight is 229 g/mol. The molecule has 16 heavy (non-hydrogen) atoms. The van der Waals surface area contributed by atoms with E-state index >= 15 is 0 Å². The first-order valence-corrected chi connectivity index (χ1v) is 5.14. The second-order valence-corrected chi connectivity index (χ2v) is 3.24. The van der Waals surface area contributed by atoms with Gasteiger partial charge in [0.25, 0.3) is 0 Å². The van der Waals surface area contributed by atoms with Crippen molar-refractivity contribution in [2.45, 2.75) is 13.3 Å². The summed E-state index contributed by atoms with van der Waals surface area (Å²) in [5.41, 5.74) is 5.75. The number of nitrogens with two attached hydrogens (primary N) is 1. The third-order valence-corrected chi connectivity index (χ3v) is 1.87. The van der Waals surface area contributed by atoms with Crippen molar-refractivity contribution >= 4 is 5.69 Å². The van der Waals surface area contributed by atoms with Crippen LogP contribution in [0.2, 0.25) is 0 Å². The third-order valence-electron chi connectivity index (χ3n) is 1.87. The van der Waals surface area contributed by atoms with Crippen LogP contribution in [0.4, 0.5) is 10.1 Å². The molecule has 0 heterocycles. The molecule has 0 fully saturated rings. The minimum absolute atomic E-state index is 0.114. The zero-order valence-corrected chi connectivity index (χ0v) is 9.20. The van der Waals surface area contributed by atoms with E-state index < -0.39 is 5.82 Å². The molecule has 0 aliphatic heterocycles. The lowest BCUT2D eigenvalue weighted by molar-refractivity contribution is 0.201. The Morgan fingerprint density at radius 2 is 1.94 bits per heavy atom. The van der Waals surface area contributed by atoms with E-state index in [1.807, 2.05) is 6.92 Å². The summed E-state index contributed by atoms with van der Waals surface area (Å²) in [6.45, 7) is 2.35. The first-order chi connectivity index (χ1) is 7.69. The number of rotatable bonds is 6. The molecule has 1 rings (SSSR count). The van der Waals surface area contributed by atoms with Gasteiger partial charge in [-0.05, 0) is 6.42 Å². The second kappa shape index (κ2) is 6.17. The van der Waals surface area contributed by atoms with Gasteiger partial charge in [0.1, 0.15) is 12.4 Å². The van der Waals surface area contributed by atoms with E-state index in [9.17, 15) is 4.39 Å². The minimum Gasteiger partial charge on any atom is -0.490 e. The highest BCUT2D eigenvalue weighted by Gasteiger charge is 2.09. The Labute approximate surface area is 93.8 Å². The summed E-state index contributed by atoms with van der Waals surface area (Å²) in [6, 6.07) is 2.55. The molecule has 0 atom stereocenters. The lowest BCUT2D eigenvalue weighted by Gasteiger charge is -2.11. The molecule has 3 N–H and O–H groups in total. The molecule has 0 amide bonds. The molecular formula is C11H16FNO3. The van der Waals surface area contributed by atoms with Crippen molar-refractivity contribution in [1.29, 1.82) is 0 Å². The highest BCUT2D eigenvalue weighted by molar-refractivity contribution is 5.56. The Kier molecular flexibility index (Phi) is 4.85. The summed E-state index contributed by atoms with van der Waals surface area (Å²) in [5.74, 6) is -0.0761. The van der Waals surface area contributed by atoms with Crippen LogP contribution in [0, 0.1) is 5.82 Å². The highest BCUT2D eigenvalue weighted by atomic mass is 19.1. The number of anilines is 1. The van der Waals surface area contributed by atoms with Crippen molar-refractivity contribution in [3.63, 3.8) is 0 Å². The van der Waals surface area contributed by atoms with Crippen molar-refractivity contribution in [2.75, 3.05) is 25.6 Å². The molecule has 5 heteroatoms.